The van der Waals surface area contributed by atoms with Gasteiger partial charge in [-0.2, -0.15) is 0 Å². The number of carboxylic acid groups (broad SMARTS) is 1. The van der Waals surface area contributed by atoms with Gasteiger partial charge in [0, 0.05) is 23.6 Å². The van der Waals surface area contributed by atoms with E-state index in [0.29, 0.717) is 35.6 Å². The summed E-state index contributed by atoms with van der Waals surface area (Å²) in [6.07, 6.45) is 2.13. The van der Waals surface area contributed by atoms with Crippen LogP contribution in [0.2, 0.25) is 0 Å². The molecule has 0 fully saturated rings. The van der Waals surface area contributed by atoms with Crippen LogP contribution in [-0.2, 0) is 19.6 Å². The molecular formula is C33H23FN4O4. The number of fused-ring (bicyclic) bond motifs is 1. The number of carbonyl (C=O) groups is 1. The molecule has 9 heteroatoms. The molecule has 0 aliphatic rings. The first-order chi connectivity index (χ1) is 20.5. The van der Waals surface area contributed by atoms with Crippen LogP contribution in [0.5, 0.6) is 5.88 Å². The van der Waals surface area contributed by atoms with E-state index in [-0.39, 0.29) is 17.9 Å². The molecule has 0 saturated carbocycles. The van der Waals surface area contributed by atoms with Crippen LogP contribution in [-0.4, -0.2) is 25.6 Å². The maximum absolute atomic E-state index is 14.2. The Morgan fingerprint density at radius 3 is 2.60 bits per heavy atom. The second-order valence-corrected chi connectivity index (χ2v) is 9.61. The molecule has 0 unspecified atom stereocenters. The molecule has 8 nitrogen and oxygen atoms in total. The molecule has 42 heavy (non-hydrogen) atoms. The Morgan fingerprint density at radius 1 is 1.00 bits per heavy atom. The highest BCUT2D eigenvalue weighted by Gasteiger charge is 2.16. The Kier molecular flexibility index (Phi) is 7.18. The molecule has 0 amide bonds. The van der Waals surface area contributed by atoms with E-state index in [0.717, 1.165) is 28.2 Å². The summed E-state index contributed by atoms with van der Waals surface area (Å²) in [4.78, 5) is 24.2. The highest BCUT2D eigenvalue weighted by molar-refractivity contribution is 5.92. The molecule has 0 bridgehead atoms. The second-order valence-electron chi connectivity index (χ2n) is 9.61. The van der Waals surface area contributed by atoms with E-state index in [9.17, 15) is 14.3 Å². The number of aromatic carboxylic acids is 1. The molecule has 0 atom stereocenters. The lowest BCUT2D eigenvalue weighted by molar-refractivity contribution is 0.0697. The second kappa shape index (κ2) is 11.4. The van der Waals surface area contributed by atoms with Crippen molar-refractivity contribution in [2.24, 2.45) is 0 Å². The van der Waals surface area contributed by atoms with Crippen LogP contribution in [0.1, 0.15) is 33.1 Å². The van der Waals surface area contributed by atoms with E-state index in [4.69, 9.17) is 20.7 Å². The van der Waals surface area contributed by atoms with Crippen LogP contribution in [0.25, 0.3) is 27.1 Å². The summed E-state index contributed by atoms with van der Waals surface area (Å²) in [5.41, 5.74) is 4.81. The molecule has 0 radical (unpaired) electrons. The van der Waals surface area contributed by atoms with Crippen LogP contribution in [0.15, 0.2) is 102 Å². The molecule has 6 rings (SSSR count). The summed E-state index contributed by atoms with van der Waals surface area (Å²) < 4.78 is 27.5. The van der Waals surface area contributed by atoms with Gasteiger partial charge in [0.15, 0.2) is 5.69 Å². The fourth-order valence-corrected chi connectivity index (χ4v) is 4.68. The summed E-state index contributed by atoms with van der Waals surface area (Å²) in [7, 11) is 0. The van der Waals surface area contributed by atoms with Gasteiger partial charge in [-0.15, -0.1) is 0 Å². The van der Waals surface area contributed by atoms with Gasteiger partial charge < -0.3 is 18.8 Å². The first-order valence-corrected chi connectivity index (χ1v) is 13.1. The summed E-state index contributed by atoms with van der Waals surface area (Å²) in [6, 6.07) is 26.2. The summed E-state index contributed by atoms with van der Waals surface area (Å²) in [5.74, 6) is 0.392. The largest absolute Gasteiger partial charge is 0.478 e. The third-order valence-electron chi connectivity index (χ3n) is 6.85. The molecule has 6 aromatic rings. The number of furan rings is 1. The van der Waals surface area contributed by atoms with Gasteiger partial charge >= 0.3 is 5.97 Å². The molecule has 0 aliphatic heterocycles. The minimum absolute atomic E-state index is 0.00747. The number of imidazole rings is 1. The van der Waals surface area contributed by atoms with Gasteiger partial charge in [-0.1, -0.05) is 42.5 Å². The zero-order chi connectivity index (χ0) is 29.1. The summed E-state index contributed by atoms with van der Waals surface area (Å²) in [6.45, 7) is 7.42. The van der Waals surface area contributed by atoms with Gasteiger partial charge in [-0.3, -0.25) is 0 Å². The fourth-order valence-electron chi connectivity index (χ4n) is 4.68. The van der Waals surface area contributed by atoms with Crippen LogP contribution in [0.4, 0.5) is 10.1 Å². The first-order valence-electron chi connectivity index (χ1n) is 13.1. The Bertz CT molecular complexity index is 1940. The Labute approximate surface area is 240 Å². The van der Waals surface area contributed by atoms with Crippen molar-refractivity contribution in [2.45, 2.75) is 19.6 Å². The number of rotatable bonds is 9. The predicted octanol–water partition coefficient (Wildman–Crippen LogP) is 7.30. The highest BCUT2D eigenvalue weighted by Crippen LogP contribution is 2.25. The number of benzene rings is 3. The molecule has 3 heterocycles. The lowest BCUT2D eigenvalue weighted by Crippen LogP contribution is -2.06. The standard InChI is InChI=1S/C33H23FN4O4/c1-35-25-13-11-24(27(34)18-25)20-42-32-6-2-5-28(37-32)22-9-7-21(8-10-22)16-31-36-29-14-12-23(33(39)40)17-30(29)38(31)19-26-4-3-15-41-26/h2-15,17-18H,16,19-20H2,(H,39,40). The molecule has 0 aliphatic carbocycles. The van der Waals surface area contributed by atoms with Crippen LogP contribution in [0.3, 0.4) is 0 Å². The quantitative estimate of drug-likeness (QED) is 0.187. The van der Waals surface area contributed by atoms with Crippen molar-refractivity contribution in [1.29, 1.82) is 0 Å². The lowest BCUT2D eigenvalue weighted by Gasteiger charge is -2.10. The Morgan fingerprint density at radius 2 is 1.86 bits per heavy atom. The number of halogens is 1. The van der Waals surface area contributed by atoms with Gasteiger partial charge in [0.05, 0.1) is 41.7 Å². The van der Waals surface area contributed by atoms with Gasteiger partial charge in [-0.25, -0.2) is 24.0 Å². The van der Waals surface area contributed by atoms with E-state index in [1.807, 2.05) is 53.1 Å². The van der Waals surface area contributed by atoms with Crippen molar-refractivity contribution in [3.8, 4) is 17.1 Å². The maximum atomic E-state index is 14.2. The summed E-state index contributed by atoms with van der Waals surface area (Å²) >= 11 is 0. The number of pyridine rings is 1. The zero-order valence-corrected chi connectivity index (χ0v) is 22.2. The molecule has 1 N–H and O–H groups in total. The van der Waals surface area contributed by atoms with E-state index in [1.165, 1.54) is 6.07 Å². The SMILES string of the molecule is [C-]#[N+]c1ccc(COc2cccc(-c3ccc(Cc4nc5ccc(C(=O)O)cc5n4Cc4ccco4)cc3)n2)c(F)c1. The molecule has 3 aromatic heterocycles. The monoisotopic (exact) mass is 558 g/mol. The number of ether oxygens (including phenoxy) is 1. The average Bonchev–Trinajstić information content (AvgIpc) is 3.65. The number of hydrogen-bond acceptors (Lipinski definition) is 5. The number of aromatic nitrogens is 3. The van der Waals surface area contributed by atoms with Crippen LogP contribution < -0.4 is 4.74 Å². The minimum Gasteiger partial charge on any atom is -0.478 e. The molecule has 0 saturated heterocycles. The van der Waals surface area contributed by atoms with E-state index in [1.54, 1.807) is 42.7 Å². The van der Waals surface area contributed by atoms with Crippen molar-refractivity contribution < 1.29 is 23.4 Å². The van der Waals surface area contributed by atoms with Crippen molar-refractivity contribution in [3.05, 3.63) is 143 Å². The van der Waals surface area contributed by atoms with Gasteiger partial charge in [0.25, 0.3) is 0 Å². The van der Waals surface area contributed by atoms with Crippen molar-refractivity contribution in [2.75, 3.05) is 0 Å². The molecular weight excluding hydrogens is 535 g/mol. The van der Waals surface area contributed by atoms with E-state index < -0.39 is 11.8 Å². The maximum Gasteiger partial charge on any atom is 0.335 e. The third-order valence-corrected chi connectivity index (χ3v) is 6.85. The number of carboxylic acids is 1. The zero-order valence-electron chi connectivity index (χ0n) is 22.2. The lowest BCUT2D eigenvalue weighted by atomic mass is 10.1. The fraction of sp³-hybridized carbons (Fsp3) is 0.0909. The van der Waals surface area contributed by atoms with Crippen LogP contribution >= 0.6 is 0 Å². The van der Waals surface area contributed by atoms with Crippen LogP contribution in [0, 0.1) is 12.4 Å². The Balaban J connectivity index is 1.21. The predicted molar refractivity (Wildman–Crippen MR) is 154 cm³/mol. The average molecular weight is 559 g/mol. The van der Waals surface area contributed by atoms with Gasteiger partial charge in [0.2, 0.25) is 5.88 Å². The topological polar surface area (TPSA) is 94.7 Å². The van der Waals surface area contributed by atoms with Gasteiger partial charge in [-0.05, 0) is 48.0 Å². The van der Waals surface area contributed by atoms with Crippen molar-refractivity contribution >= 4 is 22.7 Å². The Hall–Kier alpha value is -5.75. The smallest absolute Gasteiger partial charge is 0.335 e. The van der Waals surface area contributed by atoms with E-state index >= 15 is 0 Å². The molecule has 206 valence electrons. The molecule has 0 spiro atoms. The summed E-state index contributed by atoms with van der Waals surface area (Å²) in [5, 5.41) is 9.50. The number of nitrogens with zero attached hydrogens (tertiary/aromatic N) is 4. The van der Waals surface area contributed by atoms with E-state index in [2.05, 4.69) is 9.83 Å². The first kappa shape index (κ1) is 26.5. The minimum atomic E-state index is -0.995. The normalized spacial score (nSPS) is 11.0. The van der Waals surface area contributed by atoms with Gasteiger partial charge in [0.1, 0.15) is 24.0 Å². The highest BCUT2D eigenvalue weighted by atomic mass is 19.1. The van der Waals surface area contributed by atoms with Crippen molar-refractivity contribution in [3.63, 3.8) is 0 Å². The third kappa shape index (κ3) is 5.60. The molecule has 3 aromatic carbocycles. The van der Waals surface area contributed by atoms with Crippen molar-refractivity contribution in [1.82, 2.24) is 14.5 Å². The number of hydrogen-bond donors (Lipinski definition) is 1.